The molecular weight excluding hydrogens is 405 g/mol. The first-order chi connectivity index (χ1) is 10.6. The van der Waals surface area contributed by atoms with Crippen LogP contribution in [0.3, 0.4) is 0 Å². The van der Waals surface area contributed by atoms with E-state index in [0.29, 0.717) is 6.42 Å². The number of hydrogen-bond donors (Lipinski definition) is 2. The van der Waals surface area contributed by atoms with Gasteiger partial charge in [0.2, 0.25) is 5.91 Å². The van der Waals surface area contributed by atoms with Crippen molar-refractivity contribution >= 4 is 35.8 Å². The molecule has 3 heterocycles. The highest BCUT2D eigenvalue weighted by atomic mass is 127. The molecule has 0 aromatic carbocycles. The normalized spacial score (nSPS) is 24.5. The largest absolute Gasteiger partial charge is 0.355 e. The molecule has 1 aromatic heterocycles. The number of nitrogens with zero attached hydrogens (tertiary/aromatic N) is 3. The molecule has 1 amide bonds. The third-order valence-corrected chi connectivity index (χ3v) is 4.85. The smallest absolute Gasteiger partial charge is 0.220 e. The highest BCUT2D eigenvalue weighted by Crippen LogP contribution is 2.35. The summed E-state index contributed by atoms with van der Waals surface area (Å²) in [5.41, 5.74) is 1.32. The molecule has 1 atom stereocenters. The molecule has 3 rings (SSSR count). The highest BCUT2D eigenvalue weighted by molar-refractivity contribution is 14.0. The summed E-state index contributed by atoms with van der Waals surface area (Å²) in [5.74, 6) is 1.12. The summed E-state index contributed by atoms with van der Waals surface area (Å²) < 4.78 is 2.11. The lowest BCUT2D eigenvalue weighted by Gasteiger charge is -2.40. The molecular formula is C16H26IN5O. The van der Waals surface area contributed by atoms with Crippen molar-refractivity contribution in [1.82, 2.24) is 20.1 Å². The quantitative estimate of drug-likeness (QED) is 0.422. The number of likely N-dealkylation sites (tertiary alicyclic amines) is 1. The maximum atomic E-state index is 11.6. The lowest BCUT2D eigenvalue weighted by molar-refractivity contribution is -0.119. The van der Waals surface area contributed by atoms with E-state index in [-0.39, 0.29) is 35.3 Å². The summed E-state index contributed by atoms with van der Waals surface area (Å²) in [6, 6.07) is 4.16. The van der Waals surface area contributed by atoms with Crippen LogP contribution in [0, 0.1) is 5.41 Å². The van der Waals surface area contributed by atoms with Gasteiger partial charge in [-0.05, 0) is 25.0 Å². The van der Waals surface area contributed by atoms with E-state index in [2.05, 4.69) is 31.2 Å². The molecule has 0 bridgehead atoms. The Hall–Kier alpha value is -1.25. The van der Waals surface area contributed by atoms with Gasteiger partial charge in [-0.2, -0.15) is 0 Å². The molecule has 6 nitrogen and oxygen atoms in total. The Labute approximate surface area is 154 Å². The van der Waals surface area contributed by atoms with E-state index in [4.69, 9.17) is 0 Å². The molecule has 2 fully saturated rings. The van der Waals surface area contributed by atoms with Crippen LogP contribution >= 0.6 is 24.0 Å². The minimum Gasteiger partial charge on any atom is -0.355 e. The zero-order valence-electron chi connectivity index (χ0n) is 13.8. The van der Waals surface area contributed by atoms with Crippen molar-refractivity contribution in [3.63, 3.8) is 0 Å². The second kappa shape index (κ2) is 7.55. The Morgan fingerprint density at radius 2 is 2.35 bits per heavy atom. The standard InChI is InChI=1S/C16H25N5O.HI/c1-17-15(18-10-13-5-3-7-20(13)2)21-8-4-6-16(12-21)9-14(22)19-11-16;/h3,5,7H,4,6,8-12H2,1-2H3,(H,17,18)(H,19,22);1H. The minimum absolute atomic E-state index is 0. The van der Waals surface area contributed by atoms with Gasteiger partial charge in [0.05, 0.1) is 6.54 Å². The second-order valence-corrected chi connectivity index (χ2v) is 6.49. The monoisotopic (exact) mass is 431 g/mol. The van der Waals surface area contributed by atoms with E-state index in [1.54, 1.807) is 0 Å². The number of nitrogens with one attached hydrogen (secondary N) is 2. The fourth-order valence-corrected chi connectivity index (χ4v) is 3.61. The van der Waals surface area contributed by atoms with Crippen LogP contribution in [0.1, 0.15) is 25.0 Å². The molecule has 0 aliphatic carbocycles. The Kier molecular flexibility index (Phi) is 5.94. The van der Waals surface area contributed by atoms with Gasteiger partial charge >= 0.3 is 0 Å². The molecule has 2 saturated heterocycles. The summed E-state index contributed by atoms with van der Waals surface area (Å²) in [6.07, 6.45) is 4.93. The molecule has 1 unspecified atom stereocenters. The van der Waals surface area contributed by atoms with Crippen LogP contribution in [-0.4, -0.2) is 48.0 Å². The van der Waals surface area contributed by atoms with Crippen molar-refractivity contribution < 1.29 is 4.79 Å². The summed E-state index contributed by atoms with van der Waals surface area (Å²) in [4.78, 5) is 18.3. The first-order valence-corrected chi connectivity index (χ1v) is 7.94. The number of carbonyl (C=O) groups excluding carboxylic acids is 1. The van der Waals surface area contributed by atoms with Gasteiger partial charge in [-0.15, -0.1) is 24.0 Å². The number of guanidine groups is 1. The number of halogens is 1. The van der Waals surface area contributed by atoms with Gasteiger partial charge in [0.25, 0.3) is 0 Å². The third kappa shape index (κ3) is 3.99. The van der Waals surface area contributed by atoms with Crippen molar-refractivity contribution in [3.05, 3.63) is 24.0 Å². The van der Waals surface area contributed by atoms with Crippen LogP contribution in [0.25, 0.3) is 0 Å². The van der Waals surface area contributed by atoms with Gasteiger partial charge < -0.3 is 20.1 Å². The van der Waals surface area contributed by atoms with Gasteiger partial charge in [0.1, 0.15) is 0 Å². The van der Waals surface area contributed by atoms with E-state index >= 15 is 0 Å². The Morgan fingerprint density at radius 1 is 1.52 bits per heavy atom. The van der Waals surface area contributed by atoms with Crippen molar-refractivity contribution in [2.45, 2.75) is 25.8 Å². The van der Waals surface area contributed by atoms with Crippen molar-refractivity contribution in [2.24, 2.45) is 17.5 Å². The van der Waals surface area contributed by atoms with Crippen molar-refractivity contribution in [2.75, 3.05) is 26.7 Å². The van der Waals surface area contributed by atoms with Gasteiger partial charge in [-0.1, -0.05) is 0 Å². The molecule has 1 spiro atoms. The zero-order valence-corrected chi connectivity index (χ0v) is 16.2. The third-order valence-electron chi connectivity index (χ3n) is 4.85. The lowest BCUT2D eigenvalue weighted by Crippen LogP contribution is -2.51. The van der Waals surface area contributed by atoms with Gasteiger partial charge in [0, 0.05) is 57.5 Å². The van der Waals surface area contributed by atoms with Crippen molar-refractivity contribution in [3.8, 4) is 0 Å². The number of rotatable bonds is 2. The molecule has 23 heavy (non-hydrogen) atoms. The number of hydrogen-bond acceptors (Lipinski definition) is 2. The number of carbonyl (C=O) groups is 1. The van der Waals surface area contributed by atoms with E-state index < -0.39 is 0 Å². The fourth-order valence-electron chi connectivity index (χ4n) is 3.61. The number of amides is 1. The number of piperidine rings is 1. The molecule has 1 aromatic rings. The van der Waals surface area contributed by atoms with E-state index in [9.17, 15) is 4.79 Å². The Bertz CT molecular complexity index is 585. The molecule has 2 aliphatic rings. The zero-order chi connectivity index (χ0) is 15.6. The molecule has 0 saturated carbocycles. The average Bonchev–Trinajstić information content (AvgIpc) is 3.07. The van der Waals surface area contributed by atoms with Crippen LogP contribution in [0.15, 0.2) is 23.3 Å². The summed E-state index contributed by atoms with van der Waals surface area (Å²) >= 11 is 0. The van der Waals surface area contributed by atoms with Crippen LogP contribution in [0.5, 0.6) is 0 Å². The number of aryl methyl sites for hydroxylation is 1. The minimum atomic E-state index is 0. The SMILES string of the molecule is CN=C(NCc1cccn1C)N1CCCC2(CNC(=O)C2)C1.I. The average molecular weight is 431 g/mol. The molecule has 128 valence electrons. The molecule has 7 heteroatoms. The highest BCUT2D eigenvalue weighted by Gasteiger charge is 2.42. The first-order valence-electron chi connectivity index (χ1n) is 7.94. The van der Waals surface area contributed by atoms with E-state index in [1.807, 2.05) is 26.4 Å². The number of aliphatic imine (C=N–C) groups is 1. The van der Waals surface area contributed by atoms with Crippen LogP contribution < -0.4 is 10.6 Å². The predicted molar refractivity (Wildman–Crippen MR) is 102 cm³/mol. The lowest BCUT2D eigenvalue weighted by atomic mass is 9.79. The van der Waals surface area contributed by atoms with Gasteiger partial charge in [-0.25, -0.2) is 0 Å². The van der Waals surface area contributed by atoms with Gasteiger partial charge in [0.15, 0.2) is 5.96 Å². The molecule has 0 radical (unpaired) electrons. The van der Waals surface area contributed by atoms with Crippen LogP contribution in [0.2, 0.25) is 0 Å². The molecule has 2 N–H and O–H groups in total. The maximum absolute atomic E-state index is 11.6. The fraction of sp³-hybridized carbons (Fsp3) is 0.625. The van der Waals surface area contributed by atoms with E-state index in [0.717, 1.165) is 45.0 Å². The van der Waals surface area contributed by atoms with Crippen LogP contribution in [-0.2, 0) is 18.4 Å². The first kappa shape index (κ1) is 18.1. The second-order valence-electron chi connectivity index (χ2n) is 6.49. The number of aromatic nitrogens is 1. The summed E-state index contributed by atoms with van der Waals surface area (Å²) in [5, 5.41) is 6.44. The molecule has 2 aliphatic heterocycles. The predicted octanol–water partition coefficient (Wildman–Crippen LogP) is 1.32. The summed E-state index contributed by atoms with van der Waals surface area (Å²) in [7, 11) is 3.87. The van der Waals surface area contributed by atoms with Crippen molar-refractivity contribution in [1.29, 1.82) is 0 Å². The topological polar surface area (TPSA) is 61.7 Å². The maximum Gasteiger partial charge on any atom is 0.220 e. The van der Waals surface area contributed by atoms with E-state index in [1.165, 1.54) is 5.69 Å². The Balaban J connectivity index is 0.00000192. The summed E-state index contributed by atoms with van der Waals surface area (Å²) in [6.45, 7) is 3.47. The Morgan fingerprint density at radius 3 is 2.96 bits per heavy atom. The van der Waals surface area contributed by atoms with Crippen LogP contribution in [0.4, 0.5) is 0 Å². The van der Waals surface area contributed by atoms with Gasteiger partial charge in [-0.3, -0.25) is 9.79 Å².